The molecule has 0 spiro atoms. The Morgan fingerprint density at radius 1 is 1.31 bits per heavy atom. The van der Waals surface area contributed by atoms with Crippen molar-refractivity contribution in [3.8, 4) is 0 Å². The Bertz CT molecular complexity index is 248. The molecule has 0 aliphatic carbocycles. The number of carbonyl (C=O) groups is 2. The van der Waals surface area contributed by atoms with E-state index in [2.05, 4.69) is 0 Å². The maximum Gasteiger partial charge on any atom is 0.312 e. The molecule has 0 bridgehead atoms. The molecule has 0 unspecified atom stereocenters. The topological polar surface area (TPSA) is 87.1 Å². The van der Waals surface area contributed by atoms with Crippen molar-refractivity contribution < 1.29 is 24.5 Å². The molecule has 1 aliphatic rings. The predicted molar refractivity (Wildman–Crippen MR) is 54.9 cm³/mol. The first kappa shape index (κ1) is 12.9. The van der Waals surface area contributed by atoms with E-state index >= 15 is 0 Å². The standard InChI is InChI=1S/C10H17NO5/c12-5-6-16-8-1-3-11(4-2-8)9(13)7-10(14)15/h8,12H,1-7H2,(H,14,15). The summed E-state index contributed by atoms with van der Waals surface area (Å²) in [4.78, 5) is 23.3. The number of carboxylic acids is 1. The average molecular weight is 231 g/mol. The van der Waals surface area contributed by atoms with Crippen molar-refractivity contribution in [3.05, 3.63) is 0 Å². The number of aliphatic hydroxyl groups excluding tert-OH is 1. The SMILES string of the molecule is O=C(O)CC(=O)N1CCC(OCCO)CC1. The van der Waals surface area contributed by atoms with Gasteiger partial charge in [0, 0.05) is 13.1 Å². The molecule has 6 heteroatoms. The van der Waals surface area contributed by atoms with Gasteiger partial charge in [0.15, 0.2) is 0 Å². The average Bonchev–Trinajstić information content (AvgIpc) is 2.26. The summed E-state index contributed by atoms with van der Waals surface area (Å²) in [6.45, 7) is 1.37. The predicted octanol–water partition coefficient (Wildman–Crippen LogP) is -0.539. The molecule has 0 aromatic heterocycles. The van der Waals surface area contributed by atoms with E-state index in [4.69, 9.17) is 14.9 Å². The van der Waals surface area contributed by atoms with Crippen LogP contribution in [-0.2, 0) is 14.3 Å². The summed E-state index contributed by atoms with van der Waals surface area (Å²) in [5, 5.41) is 17.1. The lowest BCUT2D eigenvalue weighted by atomic mass is 10.1. The van der Waals surface area contributed by atoms with E-state index in [9.17, 15) is 9.59 Å². The molecular formula is C10H17NO5. The van der Waals surface area contributed by atoms with E-state index in [0.717, 1.165) is 0 Å². The Kier molecular flexibility index (Phi) is 5.21. The van der Waals surface area contributed by atoms with E-state index in [0.29, 0.717) is 32.5 Å². The highest BCUT2D eigenvalue weighted by atomic mass is 16.5. The number of rotatable bonds is 5. The van der Waals surface area contributed by atoms with Crippen LogP contribution in [0.15, 0.2) is 0 Å². The summed E-state index contributed by atoms with van der Waals surface area (Å²) < 4.78 is 5.34. The third-order valence-corrected chi connectivity index (χ3v) is 2.54. The van der Waals surface area contributed by atoms with Crippen LogP contribution in [0, 0.1) is 0 Å². The fourth-order valence-corrected chi connectivity index (χ4v) is 1.73. The smallest absolute Gasteiger partial charge is 0.312 e. The summed E-state index contributed by atoms with van der Waals surface area (Å²) in [6, 6.07) is 0. The minimum atomic E-state index is -1.09. The van der Waals surface area contributed by atoms with E-state index in [-0.39, 0.29) is 18.6 Å². The molecule has 1 fully saturated rings. The molecule has 2 N–H and O–H groups in total. The van der Waals surface area contributed by atoms with Crippen molar-refractivity contribution in [1.29, 1.82) is 0 Å². The number of aliphatic hydroxyl groups is 1. The van der Waals surface area contributed by atoms with E-state index in [1.165, 1.54) is 0 Å². The van der Waals surface area contributed by atoms with Crippen LogP contribution < -0.4 is 0 Å². The van der Waals surface area contributed by atoms with Crippen LogP contribution in [0.3, 0.4) is 0 Å². The van der Waals surface area contributed by atoms with Gasteiger partial charge in [-0.15, -0.1) is 0 Å². The monoisotopic (exact) mass is 231 g/mol. The summed E-state index contributed by atoms with van der Waals surface area (Å²) in [7, 11) is 0. The molecule has 0 aromatic carbocycles. The van der Waals surface area contributed by atoms with Crippen LogP contribution in [0.5, 0.6) is 0 Å². The maximum absolute atomic E-state index is 11.4. The second-order valence-corrected chi connectivity index (χ2v) is 3.75. The van der Waals surface area contributed by atoms with Crippen molar-refractivity contribution in [3.63, 3.8) is 0 Å². The van der Waals surface area contributed by atoms with Gasteiger partial charge < -0.3 is 19.8 Å². The van der Waals surface area contributed by atoms with Crippen molar-refractivity contribution >= 4 is 11.9 Å². The lowest BCUT2D eigenvalue weighted by Gasteiger charge is -2.31. The summed E-state index contributed by atoms with van der Waals surface area (Å²) >= 11 is 0. The normalized spacial score (nSPS) is 17.4. The number of hydrogen-bond donors (Lipinski definition) is 2. The number of hydrogen-bond acceptors (Lipinski definition) is 4. The maximum atomic E-state index is 11.4. The third kappa shape index (κ3) is 4.16. The zero-order chi connectivity index (χ0) is 12.0. The number of amides is 1. The van der Waals surface area contributed by atoms with Crippen LogP contribution in [0.2, 0.25) is 0 Å². The van der Waals surface area contributed by atoms with E-state index in [1.54, 1.807) is 4.90 Å². The highest BCUT2D eigenvalue weighted by molar-refractivity contribution is 5.93. The summed E-state index contributed by atoms with van der Waals surface area (Å²) in [5.41, 5.74) is 0. The first-order valence-electron chi connectivity index (χ1n) is 5.35. The van der Waals surface area contributed by atoms with Crippen LogP contribution in [0.25, 0.3) is 0 Å². The second-order valence-electron chi connectivity index (χ2n) is 3.75. The summed E-state index contributed by atoms with van der Waals surface area (Å²) in [5.74, 6) is -1.43. The van der Waals surface area contributed by atoms with Gasteiger partial charge in [0.05, 0.1) is 19.3 Å². The molecule has 0 radical (unpaired) electrons. The first-order valence-corrected chi connectivity index (χ1v) is 5.35. The third-order valence-electron chi connectivity index (χ3n) is 2.54. The molecule has 1 rings (SSSR count). The second kappa shape index (κ2) is 6.44. The molecule has 0 atom stereocenters. The zero-order valence-electron chi connectivity index (χ0n) is 9.09. The Morgan fingerprint density at radius 3 is 2.44 bits per heavy atom. The van der Waals surface area contributed by atoms with Crippen molar-refractivity contribution in [2.24, 2.45) is 0 Å². The Balaban J connectivity index is 2.26. The van der Waals surface area contributed by atoms with Gasteiger partial charge in [0.2, 0.25) is 5.91 Å². The number of likely N-dealkylation sites (tertiary alicyclic amines) is 1. The summed E-state index contributed by atoms with van der Waals surface area (Å²) in [6.07, 6.45) is 1.03. The Labute approximate surface area is 93.8 Å². The molecule has 1 heterocycles. The number of piperidine rings is 1. The minimum absolute atomic E-state index is 0.00183. The highest BCUT2D eigenvalue weighted by Gasteiger charge is 2.24. The highest BCUT2D eigenvalue weighted by Crippen LogP contribution is 2.14. The molecule has 0 aromatic rings. The number of carbonyl (C=O) groups excluding carboxylic acids is 1. The van der Waals surface area contributed by atoms with Gasteiger partial charge in [-0.05, 0) is 12.8 Å². The van der Waals surface area contributed by atoms with E-state index in [1.807, 2.05) is 0 Å². The van der Waals surface area contributed by atoms with E-state index < -0.39 is 12.4 Å². The molecule has 1 amide bonds. The molecule has 6 nitrogen and oxygen atoms in total. The molecular weight excluding hydrogens is 214 g/mol. The number of ether oxygens (including phenoxy) is 1. The van der Waals surface area contributed by atoms with Crippen LogP contribution >= 0.6 is 0 Å². The van der Waals surface area contributed by atoms with Gasteiger partial charge in [0.1, 0.15) is 6.42 Å². The molecule has 1 aliphatic heterocycles. The van der Waals surface area contributed by atoms with Gasteiger partial charge in [-0.2, -0.15) is 0 Å². The Morgan fingerprint density at radius 2 is 1.94 bits per heavy atom. The number of carboxylic acid groups (broad SMARTS) is 1. The van der Waals surface area contributed by atoms with Gasteiger partial charge in [-0.1, -0.05) is 0 Å². The lowest BCUT2D eigenvalue weighted by Crippen LogP contribution is -2.41. The first-order chi connectivity index (χ1) is 7.63. The minimum Gasteiger partial charge on any atom is -0.481 e. The molecule has 16 heavy (non-hydrogen) atoms. The fourth-order valence-electron chi connectivity index (χ4n) is 1.73. The van der Waals surface area contributed by atoms with Crippen molar-refractivity contribution in [2.75, 3.05) is 26.3 Å². The quantitative estimate of drug-likeness (QED) is 0.620. The Hall–Kier alpha value is -1.14. The molecule has 1 saturated heterocycles. The van der Waals surface area contributed by atoms with Gasteiger partial charge in [-0.25, -0.2) is 0 Å². The lowest BCUT2D eigenvalue weighted by molar-refractivity contribution is -0.145. The molecule has 92 valence electrons. The van der Waals surface area contributed by atoms with Crippen LogP contribution in [0.1, 0.15) is 19.3 Å². The zero-order valence-corrected chi connectivity index (χ0v) is 9.09. The van der Waals surface area contributed by atoms with Gasteiger partial charge >= 0.3 is 5.97 Å². The van der Waals surface area contributed by atoms with Crippen LogP contribution in [0.4, 0.5) is 0 Å². The van der Waals surface area contributed by atoms with Crippen molar-refractivity contribution in [1.82, 2.24) is 4.90 Å². The van der Waals surface area contributed by atoms with Gasteiger partial charge in [-0.3, -0.25) is 9.59 Å². The number of nitrogens with zero attached hydrogens (tertiary/aromatic N) is 1. The van der Waals surface area contributed by atoms with Crippen LogP contribution in [-0.4, -0.2) is 59.4 Å². The van der Waals surface area contributed by atoms with Crippen molar-refractivity contribution in [2.45, 2.75) is 25.4 Å². The largest absolute Gasteiger partial charge is 0.481 e. The fraction of sp³-hybridized carbons (Fsp3) is 0.800. The number of aliphatic carboxylic acids is 1. The van der Waals surface area contributed by atoms with Gasteiger partial charge in [0.25, 0.3) is 0 Å². The molecule has 0 saturated carbocycles.